The molecule has 1 saturated carbocycles. The molecular weight excluding hydrogens is 392 g/mol. The van der Waals surface area contributed by atoms with Gasteiger partial charge >= 0.3 is 6.61 Å². The van der Waals surface area contributed by atoms with Crippen molar-refractivity contribution in [3.8, 4) is 5.75 Å². The Labute approximate surface area is 164 Å². The molecular formula is C18H26ClF2N3O2Si. The first-order valence-corrected chi connectivity index (χ1v) is 12.3. The number of hydrogen-bond donors (Lipinski definition) is 0. The molecule has 1 fully saturated rings. The third kappa shape index (κ3) is 3.98. The summed E-state index contributed by atoms with van der Waals surface area (Å²) >= 11 is 5.88. The van der Waals surface area contributed by atoms with E-state index < -0.39 is 14.9 Å². The Bertz CT molecular complexity index is 845. The first-order chi connectivity index (χ1) is 12.3. The second kappa shape index (κ2) is 6.67. The first-order valence-electron chi connectivity index (χ1n) is 9.00. The summed E-state index contributed by atoms with van der Waals surface area (Å²) in [5.41, 5.74) is 0.267. The van der Waals surface area contributed by atoms with Gasteiger partial charge in [-0.05, 0) is 44.0 Å². The van der Waals surface area contributed by atoms with Crippen molar-refractivity contribution in [3.05, 3.63) is 17.4 Å². The molecule has 150 valence electrons. The molecule has 27 heavy (non-hydrogen) atoms. The fraction of sp³-hybridized carbons (Fsp3) is 0.667. The van der Waals surface area contributed by atoms with Crippen molar-refractivity contribution < 1.29 is 17.9 Å². The van der Waals surface area contributed by atoms with Crippen LogP contribution in [-0.4, -0.2) is 35.3 Å². The predicted octanol–water partition coefficient (Wildman–Crippen LogP) is 5.80. The highest BCUT2D eigenvalue weighted by atomic mass is 35.5. The smallest absolute Gasteiger partial charge is 0.387 e. The summed E-state index contributed by atoms with van der Waals surface area (Å²) in [4.78, 5) is 0. The predicted molar refractivity (Wildman–Crippen MR) is 104 cm³/mol. The molecule has 0 aromatic carbocycles. The lowest BCUT2D eigenvalue weighted by atomic mass is 9.77. The van der Waals surface area contributed by atoms with Crippen molar-refractivity contribution in [3.63, 3.8) is 0 Å². The molecule has 0 N–H and O–H groups in total. The first kappa shape index (κ1) is 20.5. The van der Waals surface area contributed by atoms with E-state index in [1.165, 1.54) is 6.07 Å². The number of ether oxygens (including phenoxy) is 1. The Morgan fingerprint density at radius 1 is 1.30 bits per heavy atom. The number of halogens is 3. The minimum absolute atomic E-state index is 0.0655. The van der Waals surface area contributed by atoms with Gasteiger partial charge in [-0.3, -0.25) is 0 Å². The lowest BCUT2D eigenvalue weighted by Crippen LogP contribution is -2.54. The van der Waals surface area contributed by atoms with Crippen LogP contribution < -0.4 is 4.74 Å². The molecule has 0 unspecified atom stereocenters. The molecule has 2 heterocycles. The van der Waals surface area contributed by atoms with Crippen LogP contribution >= 0.6 is 11.6 Å². The van der Waals surface area contributed by atoms with Crippen LogP contribution in [0, 0.1) is 0 Å². The average molecular weight is 418 g/mol. The average Bonchev–Trinajstić information content (AvgIpc) is 2.80. The lowest BCUT2D eigenvalue weighted by Gasteiger charge is -2.52. The maximum atomic E-state index is 12.8. The van der Waals surface area contributed by atoms with Gasteiger partial charge in [0.25, 0.3) is 0 Å². The van der Waals surface area contributed by atoms with Crippen LogP contribution in [0.1, 0.15) is 46.6 Å². The minimum atomic E-state index is -2.91. The van der Waals surface area contributed by atoms with Gasteiger partial charge in [-0.15, -0.1) is 10.2 Å². The molecule has 2 aromatic heterocycles. The Hall–Kier alpha value is -1.25. The van der Waals surface area contributed by atoms with E-state index in [4.69, 9.17) is 16.0 Å². The number of hydrogen-bond acceptors (Lipinski definition) is 4. The van der Waals surface area contributed by atoms with E-state index in [9.17, 15) is 8.78 Å². The molecule has 0 aliphatic heterocycles. The molecule has 0 atom stereocenters. The topological polar surface area (TPSA) is 49.2 Å². The molecule has 9 heteroatoms. The number of fused-ring (bicyclic) bond motifs is 1. The number of nitrogens with zero attached hydrogens (tertiary/aromatic N) is 3. The Morgan fingerprint density at radius 2 is 1.93 bits per heavy atom. The van der Waals surface area contributed by atoms with Crippen molar-refractivity contribution in [2.75, 3.05) is 0 Å². The number of alkyl halides is 2. The maximum absolute atomic E-state index is 12.8. The standard InChI is InChI=1S/C18H26ClF2N3O2Si/c1-17(2,3)27(5,6)26-18(4)8-11(9-18)24-10-13(25-16(20)21)12-7-14(19)22-23-15(12)24/h7,10-11,16H,8-9H2,1-6H3. The molecule has 3 rings (SSSR count). The van der Waals surface area contributed by atoms with Crippen molar-refractivity contribution in [2.24, 2.45) is 0 Å². The summed E-state index contributed by atoms with van der Waals surface area (Å²) in [6.45, 7) is 10.3. The zero-order valence-corrected chi connectivity index (χ0v) is 18.3. The number of aromatic nitrogens is 3. The van der Waals surface area contributed by atoms with E-state index in [1.54, 1.807) is 6.20 Å². The summed E-state index contributed by atoms with van der Waals surface area (Å²) in [6.07, 6.45) is 3.13. The van der Waals surface area contributed by atoms with E-state index in [1.807, 2.05) is 4.57 Å². The largest absolute Gasteiger partial charge is 0.432 e. The fourth-order valence-corrected chi connectivity index (χ4v) is 5.30. The molecule has 1 aliphatic carbocycles. The molecule has 0 bridgehead atoms. The highest BCUT2D eigenvalue weighted by Gasteiger charge is 2.49. The number of rotatable bonds is 5. The van der Waals surface area contributed by atoms with E-state index >= 15 is 0 Å². The quantitative estimate of drug-likeness (QED) is 0.576. The third-order valence-corrected chi connectivity index (χ3v) is 10.6. The highest BCUT2D eigenvalue weighted by molar-refractivity contribution is 6.74. The van der Waals surface area contributed by atoms with Gasteiger partial charge < -0.3 is 13.7 Å². The molecule has 0 radical (unpaired) electrons. The SMILES string of the molecule is CC1(O[Si](C)(C)C(C)(C)C)CC(n2cc(OC(F)F)c3cc(Cl)nnc32)C1. The van der Waals surface area contributed by atoms with Crippen molar-refractivity contribution in [2.45, 2.75) is 76.9 Å². The van der Waals surface area contributed by atoms with E-state index in [-0.39, 0.29) is 27.6 Å². The molecule has 0 saturated heterocycles. The van der Waals surface area contributed by atoms with Gasteiger partial charge in [0.05, 0.1) is 11.0 Å². The normalized spacial score (nSPS) is 23.7. The molecule has 2 aromatic rings. The van der Waals surface area contributed by atoms with Crippen molar-refractivity contribution in [1.82, 2.24) is 14.8 Å². The van der Waals surface area contributed by atoms with E-state index in [0.717, 1.165) is 12.8 Å². The minimum Gasteiger partial charge on any atom is -0.432 e. The van der Waals surface area contributed by atoms with Crippen LogP contribution in [0.25, 0.3) is 11.0 Å². The van der Waals surface area contributed by atoms with Crippen LogP contribution in [-0.2, 0) is 4.43 Å². The van der Waals surface area contributed by atoms with E-state index in [0.29, 0.717) is 11.0 Å². The molecule has 0 amide bonds. The van der Waals surface area contributed by atoms with Crippen molar-refractivity contribution in [1.29, 1.82) is 0 Å². The summed E-state index contributed by atoms with van der Waals surface area (Å²) in [5, 5.41) is 8.66. The Kier molecular flexibility index (Phi) is 5.06. The summed E-state index contributed by atoms with van der Waals surface area (Å²) < 4.78 is 38.6. The fourth-order valence-electron chi connectivity index (χ4n) is 3.45. The molecule has 0 spiro atoms. The maximum Gasteiger partial charge on any atom is 0.387 e. The highest BCUT2D eigenvalue weighted by Crippen LogP contribution is 2.50. The van der Waals surface area contributed by atoms with Gasteiger partial charge in [0.1, 0.15) is 0 Å². The van der Waals surface area contributed by atoms with Gasteiger partial charge in [-0.25, -0.2) is 0 Å². The summed E-state index contributed by atoms with van der Waals surface area (Å²) in [7, 11) is -1.90. The Balaban J connectivity index is 1.84. The van der Waals surface area contributed by atoms with Gasteiger partial charge in [-0.2, -0.15) is 8.78 Å². The van der Waals surface area contributed by atoms with Gasteiger partial charge in [-0.1, -0.05) is 32.4 Å². The van der Waals surface area contributed by atoms with Crippen LogP contribution in [0.3, 0.4) is 0 Å². The summed E-state index contributed by atoms with van der Waals surface area (Å²) in [6, 6.07) is 1.59. The van der Waals surface area contributed by atoms with Gasteiger partial charge in [0, 0.05) is 12.2 Å². The summed E-state index contributed by atoms with van der Waals surface area (Å²) in [5.74, 6) is 0.0655. The lowest BCUT2D eigenvalue weighted by molar-refractivity contribution is -0.0505. The molecule has 5 nitrogen and oxygen atoms in total. The van der Waals surface area contributed by atoms with Crippen LogP contribution in [0.5, 0.6) is 5.75 Å². The van der Waals surface area contributed by atoms with Gasteiger partial charge in [0.15, 0.2) is 24.9 Å². The van der Waals surface area contributed by atoms with Crippen LogP contribution in [0.2, 0.25) is 23.3 Å². The third-order valence-electron chi connectivity index (χ3n) is 5.76. The molecule has 1 aliphatic rings. The van der Waals surface area contributed by atoms with Crippen LogP contribution in [0.4, 0.5) is 8.78 Å². The monoisotopic (exact) mass is 417 g/mol. The van der Waals surface area contributed by atoms with Gasteiger partial charge in [0.2, 0.25) is 0 Å². The van der Waals surface area contributed by atoms with Crippen LogP contribution in [0.15, 0.2) is 12.3 Å². The van der Waals surface area contributed by atoms with E-state index in [2.05, 4.69) is 55.7 Å². The Morgan fingerprint density at radius 3 is 2.48 bits per heavy atom. The van der Waals surface area contributed by atoms with Crippen molar-refractivity contribution >= 4 is 31.0 Å². The zero-order chi connectivity index (χ0) is 20.2. The second-order valence-corrected chi connectivity index (χ2v) is 14.2. The second-order valence-electron chi connectivity index (χ2n) is 9.06. The zero-order valence-electron chi connectivity index (χ0n) is 16.5.